The molecule has 0 aromatic heterocycles. The predicted octanol–water partition coefficient (Wildman–Crippen LogP) is 8.06. The highest BCUT2D eigenvalue weighted by atomic mass is 35.5. The second kappa shape index (κ2) is 12.6. The van der Waals surface area contributed by atoms with Gasteiger partial charge in [0.15, 0.2) is 0 Å². The van der Waals surface area contributed by atoms with Crippen molar-refractivity contribution < 1.29 is 18.0 Å². The Morgan fingerprint density at radius 2 is 1.78 bits per heavy atom. The van der Waals surface area contributed by atoms with Gasteiger partial charge in [-0.2, -0.15) is 41.8 Å². The van der Waals surface area contributed by atoms with Crippen LogP contribution in [0.2, 0.25) is 5.02 Å². The van der Waals surface area contributed by atoms with Gasteiger partial charge in [-0.3, -0.25) is 0 Å². The lowest BCUT2D eigenvalue weighted by atomic mass is 9.78. The smallest absolute Gasteiger partial charge is 0.306 e. The molecule has 36 heavy (non-hydrogen) atoms. The maximum atomic E-state index is 13.2. The van der Waals surface area contributed by atoms with E-state index in [4.69, 9.17) is 11.6 Å². The number of nitrogens with zero attached hydrogens (tertiary/aromatic N) is 2. The number of benzene rings is 2. The van der Waals surface area contributed by atoms with Gasteiger partial charge in [-0.1, -0.05) is 36.7 Å². The molecule has 3 rings (SSSR count). The molecule has 0 saturated carbocycles. The molecule has 10 heteroatoms. The van der Waals surface area contributed by atoms with Crippen LogP contribution in [-0.2, 0) is 12.6 Å². The first-order valence-electron chi connectivity index (χ1n) is 11.7. The number of hydrazone groups is 1. The molecule has 0 radical (unpaired) electrons. The Morgan fingerprint density at radius 1 is 1.11 bits per heavy atom. The van der Waals surface area contributed by atoms with E-state index in [1.807, 2.05) is 49.2 Å². The van der Waals surface area contributed by atoms with Crippen molar-refractivity contribution in [2.75, 3.05) is 35.9 Å². The van der Waals surface area contributed by atoms with E-state index in [1.54, 1.807) is 11.8 Å². The SMILES string of the molecule is CSCCCc1ccc(NC(=O)N2CC(C)(CCCSC)C(c3ccc(C(F)(F)F)c(Cl)c3)=N2)cc1. The number of hydrogen-bond donors (Lipinski definition) is 1. The van der Waals surface area contributed by atoms with Gasteiger partial charge < -0.3 is 5.32 Å². The summed E-state index contributed by atoms with van der Waals surface area (Å²) < 4.78 is 39.6. The van der Waals surface area contributed by atoms with Crippen molar-refractivity contribution in [2.45, 2.75) is 38.8 Å². The van der Waals surface area contributed by atoms with Crippen molar-refractivity contribution in [3.63, 3.8) is 0 Å². The van der Waals surface area contributed by atoms with Gasteiger partial charge in [0.05, 0.1) is 22.8 Å². The molecule has 4 nitrogen and oxygen atoms in total. The largest absolute Gasteiger partial charge is 0.417 e. The molecule has 1 aliphatic heterocycles. The highest BCUT2D eigenvalue weighted by Gasteiger charge is 2.42. The minimum atomic E-state index is -4.54. The molecular formula is C26H31ClF3N3OS2. The van der Waals surface area contributed by atoms with Gasteiger partial charge in [0, 0.05) is 11.1 Å². The summed E-state index contributed by atoms with van der Waals surface area (Å²) in [6.45, 7) is 2.32. The maximum absolute atomic E-state index is 13.2. The monoisotopic (exact) mass is 557 g/mol. The van der Waals surface area contributed by atoms with E-state index >= 15 is 0 Å². The zero-order valence-corrected chi connectivity index (χ0v) is 23.0. The first-order valence-corrected chi connectivity index (χ1v) is 14.9. The number of hydrogen-bond acceptors (Lipinski definition) is 4. The van der Waals surface area contributed by atoms with E-state index < -0.39 is 17.2 Å². The molecule has 1 unspecified atom stereocenters. The predicted molar refractivity (Wildman–Crippen MR) is 148 cm³/mol. The number of nitrogens with one attached hydrogen (secondary N) is 1. The lowest BCUT2D eigenvalue weighted by Gasteiger charge is -2.26. The molecule has 2 amide bonds. The second-order valence-electron chi connectivity index (χ2n) is 9.08. The molecular weight excluding hydrogens is 527 g/mol. The van der Waals surface area contributed by atoms with Crippen molar-refractivity contribution in [2.24, 2.45) is 10.5 Å². The summed E-state index contributed by atoms with van der Waals surface area (Å²) in [5.74, 6) is 2.04. The quantitative estimate of drug-likeness (QED) is 0.300. The van der Waals surface area contributed by atoms with Gasteiger partial charge in [-0.05, 0) is 85.1 Å². The summed E-state index contributed by atoms with van der Waals surface area (Å²) in [7, 11) is 0. The van der Waals surface area contributed by atoms with Gasteiger partial charge in [0.1, 0.15) is 0 Å². The number of rotatable bonds is 10. The average molecular weight is 558 g/mol. The third kappa shape index (κ3) is 7.35. The van der Waals surface area contributed by atoms with E-state index in [1.165, 1.54) is 22.7 Å². The molecule has 1 atom stereocenters. The molecule has 0 fully saturated rings. The second-order valence-corrected chi connectivity index (χ2v) is 11.5. The number of thioether (sulfide) groups is 2. The summed E-state index contributed by atoms with van der Waals surface area (Å²) in [4.78, 5) is 13.1. The Balaban J connectivity index is 1.80. The number of halogens is 4. The molecule has 0 saturated heterocycles. The molecule has 0 bridgehead atoms. The molecule has 196 valence electrons. The summed E-state index contributed by atoms with van der Waals surface area (Å²) in [5, 5.41) is 8.46. The Hall–Kier alpha value is -1.84. The Kier molecular flexibility index (Phi) is 10.1. The zero-order chi connectivity index (χ0) is 26.3. The van der Waals surface area contributed by atoms with Crippen molar-refractivity contribution >= 4 is 52.6 Å². The molecule has 2 aromatic rings. The number of aryl methyl sites for hydroxylation is 1. The van der Waals surface area contributed by atoms with Crippen LogP contribution in [0.5, 0.6) is 0 Å². The number of urea groups is 1. The van der Waals surface area contributed by atoms with Crippen molar-refractivity contribution in [3.8, 4) is 0 Å². The molecule has 1 heterocycles. The fourth-order valence-corrected chi connectivity index (χ4v) is 5.42. The van der Waals surface area contributed by atoms with Gasteiger partial charge in [-0.15, -0.1) is 0 Å². The van der Waals surface area contributed by atoms with Crippen LogP contribution in [0, 0.1) is 5.41 Å². The third-order valence-electron chi connectivity index (χ3n) is 6.17. The average Bonchev–Trinajstić information content (AvgIpc) is 3.17. The van der Waals surface area contributed by atoms with E-state index in [-0.39, 0.29) is 11.1 Å². The van der Waals surface area contributed by atoms with Gasteiger partial charge in [0.25, 0.3) is 0 Å². The van der Waals surface area contributed by atoms with Crippen LogP contribution in [-0.4, -0.2) is 47.3 Å². The van der Waals surface area contributed by atoms with E-state index in [0.29, 0.717) is 23.5 Å². The topological polar surface area (TPSA) is 44.7 Å². The Bertz CT molecular complexity index is 1080. The van der Waals surface area contributed by atoms with E-state index in [0.717, 1.165) is 43.3 Å². The number of alkyl halides is 3. The molecule has 1 aliphatic rings. The number of carbonyl (C=O) groups is 1. The lowest BCUT2D eigenvalue weighted by Crippen LogP contribution is -2.35. The minimum absolute atomic E-state index is 0.327. The maximum Gasteiger partial charge on any atom is 0.417 e. The van der Waals surface area contributed by atoms with Crippen molar-refractivity contribution in [3.05, 3.63) is 64.2 Å². The fraction of sp³-hybridized carbons (Fsp3) is 0.462. The first-order chi connectivity index (χ1) is 17.1. The number of carbonyl (C=O) groups excluding carboxylic acids is 1. The van der Waals surface area contributed by atoms with Gasteiger partial charge in [-0.25, -0.2) is 9.80 Å². The molecule has 2 aromatic carbocycles. The molecule has 0 spiro atoms. The van der Waals surface area contributed by atoms with Crippen LogP contribution in [0.15, 0.2) is 47.6 Å². The molecule has 0 aliphatic carbocycles. The number of amides is 2. The summed E-state index contributed by atoms with van der Waals surface area (Å²) in [6.07, 6.45) is 3.28. The molecule has 1 N–H and O–H groups in total. The highest BCUT2D eigenvalue weighted by Crippen LogP contribution is 2.39. The van der Waals surface area contributed by atoms with Crippen LogP contribution in [0.25, 0.3) is 0 Å². The van der Waals surface area contributed by atoms with Crippen LogP contribution in [0.3, 0.4) is 0 Å². The fourth-order valence-electron chi connectivity index (χ4n) is 4.27. The van der Waals surface area contributed by atoms with Gasteiger partial charge in [0.2, 0.25) is 0 Å². The standard InChI is InChI=1S/C26H31ClF3N3OS2/c1-25(13-5-15-36-3)17-33(24(34)31-20-10-7-18(8-11-20)6-4-14-35-2)32-23(25)19-9-12-21(22(27)16-19)26(28,29)30/h7-12,16H,4-6,13-15,17H2,1-3H3,(H,31,34). The van der Waals surface area contributed by atoms with Crippen molar-refractivity contribution in [1.82, 2.24) is 5.01 Å². The third-order valence-corrected chi connectivity index (χ3v) is 7.88. The minimum Gasteiger partial charge on any atom is -0.306 e. The summed E-state index contributed by atoms with van der Waals surface area (Å²) in [5.41, 5.74) is 1.53. The summed E-state index contributed by atoms with van der Waals surface area (Å²) in [6, 6.07) is 11.0. The van der Waals surface area contributed by atoms with Crippen molar-refractivity contribution in [1.29, 1.82) is 0 Å². The van der Waals surface area contributed by atoms with E-state index in [9.17, 15) is 18.0 Å². The van der Waals surface area contributed by atoms with Crippen LogP contribution in [0.1, 0.15) is 42.9 Å². The highest BCUT2D eigenvalue weighted by molar-refractivity contribution is 7.98. The van der Waals surface area contributed by atoms with Crippen LogP contribution in [0.4, 0.5) is 23.7 Å². The zero-order valence-electron chi connectivity index (χ0n) is 20.6. The van der Waals surface area contributed by atoms with E-state index in [2.05, 4.69) is 16.7 Å². The van der Waals surface area contributed by atoms with Crippen LogP contribution >= 0.6 is 35.1 Å². The van der Waals surface area contributed by atoms with Gasteiger partial charge >= 0.3 is 12.2 Å². The number of anilines is 1. The lowest BCUT2D eigenvalue weighted by molar-refractivity contribution is -0.137. The summed E-state index contributed by atoms with van der Waals surface area (Å²) >= 11 is 9.54. The normalized spacial score (nSPS) is 17.9. The Morgan fingerprint density at radius 3 is 2.39 bits per heavy atom. The first kappa shape index (κ1) is 28.7. The van der Waals surface area contributed by atoms with Crippen LogP contribution < -0.4 is 5.32 Å². The Labute approximate surface area is 224 Å².